The quantitative estimate of drug-likeness (QED) is 0.846. The average molecular weight is 403 g/mol. The lowest BCUT2D eigenvalue weighted by Crippen LogP contribution is -2.30. The molecule has 1 atom stereocenters. The van der Waals surface area contributed by atoms with Gasteiger partial charge in [0.2, 0.25) is 0 Å². The maximum Gasteiger partial charge on any atom is 0.265 e. The Bertz CT molecular complexity index is 830. The number of nitriles is 1. The number of fused-ring (bicyclic) bond motifs is 1. The van der Waals surface area contributed by atoms with E-state index in [1.807, 2.05) is 6.07 Å². The Balaban J connectivity index is 1.67. The van der Waals surface area contributed by atoms with Crippen LogP contribution >= 0.6 is 15.9 Å². The van der Waals surface area contributed by atoms with Gasteiger partial charge in [0.05, 0.1) is 17.3 Å². The zero-order valence-electron chi connectivity index (χ0n) is 13.4. The van der Waals surface area contributed by atoms with E-state index >= 15 is 0 Å². The fourth-order valence-corrected chi connectivity index (χ4v) is 2.68. The molecule has 2 aromatic carbocycles. The highest BCUT2D eigenvalue weighted by Crippen LogP contribution is 2.38. The summed E-state index contributed by atoms with van der Waals surface area (Å²) < 4.78 is 17.3. The Kier molecular flexibility index (Phi) is 5.10. The van der Waals surface area contributed by atoms with Crippen molar-refractivity contribution in [1.29, 1.82) is 5.26 Å². The summed E-state index contributed by atoms with van der Waals surface area (Å²) in [6.45, 7) is 2.63. The third-order valence-corrected chi connectivity index (χ3v) is 4.21. The molecule has 1 amide bonds. The van der Waals surface area contributed by atoms with E-state index < -0.39 is 6.10 Å². The molecule has 7 heteroatoms. The molecule has 0 radical (unpaired) electrons. The van der Waals surface area contributed by atoms with Gasteiger partial charge < -0.3 is 19.5 Å². The van der Waals surface area contributed by atoms with Crippen LogP contribution in [-0.4, -0.2) is 25.2 Å². The first-order valence-corrected chi connectivity index (χ1v) is 8.43. The molecular formula is C18H15BrN2O4. The van der Waals surface area contributed by atoms with Crippen molar-refractivity contribution in [2.45, 2.75) is 13.0 Å². The van der Waals surface area contributed by atoms with Crippen LogP contribution in [0.2, 0.25) is 0 Å². The molecule has 0 bridgehead atoms. The summed E-state index contributed by atoms with van der Waals surface area (Å²) in [6.07, 6.45) is -0.715. The molecule has 0 saturated carbocycles. The zero-order valence-corrected chi connectivity index (χ0v) is 15.0. The average Bonchev–Trinajstić information content (AvgIpc) is 2.63. The minimum absolute atomic E-state index is 0.304. The highest BCUT2D eigenvalue weighted by atomic mass is 79.9. The number of amides is 1. The van der Waals surface area contributed by atoms with Gasteiger partial charge in [-0.1, -0.05) is 0 Å². The summed E-state index contributed by atoms with van der Waals surface area (Å²) in [5.41, 5.74) is 1.11. The molecule has 3 rings (SSSR count). The standard InChI is InChI=1S/C18H15BrN2O4/c1-11(25-13-4-2-12(10-20)3-5-13)18(22)21-15-9-17-16(8-14(15)19)23-6-7-24-17/h2-5,8-9,11H,6-7H2,1H3,(H,21,22)/t11-/m1/s1. The van der Waals surface area contributed by atoms with E-state index in [0.717, 1.165) is 0 Å². The van der Waals surface area contributed by atoms with Crippen molar-refractivity contribution < 1.29 is 19.0 Å². The topological polar surface area (TPSA) is 80.6 Å². The van der Waals surface area contributed by atoms with Gasteiger partial charge in [-0.15, -0.1) is 0 Å². The van der Waals surface area contributed by atoms with E-state index in [-0.39, 0.29) is 5.91 Å². The van der Waals surface area contributed by atoms with E-state index in [0.29, 0.717) is 46.2 Å². The summed E-state index contributed by atoms with van der Waals surface area (Å²) in [6, 6.07) is 12.1. The fourth-order valence-electron chi connectivity index (χ4n) is 2.26. The van der Waals surface area contributed by atoms with Crippen molar-refractivity contribution in [2.75, 3.05) is 18.5 Å². The summed E-state index contributed by atoms with van der Waals surface area (Å²) in [7, 11) is 0. The number of hydrogen-bond acceptors (Lipinski definition) is 5. The zero-order chi connectivity index (χ0) is 17.8. The van der Waals surface area contributed by atoms with E-state index in [1.54, 1.807) is 43.3 Å². The smallest absolute Gasteiger partial charge is 0.265 e. The number of benzene rings is 2. The number of nitrogens with one attached hydrogen (secondary N) is 1. The number of carbonyl (C=O) groups excluding carboxylic acids is 1. The number of rotatable bonds is 4. The first-order chi connectivity index (χ1) is 12.1. The first kappa shape index (κ1) is 17.1. The molecule has 1 aliphatic rings. The molecule has 1 heterocycles. The summed E-state index contributed by atoms with van der Waals surface area (Å²) in [5, 5.41) is 11.6. The third kappa shape index (κ3) is 4.03. The number of halogens is 1. The maximum atomic E-state index is 12.4. The second kappa shape index (κ2) is 7.45. The summed E-state index contributed by atoms with van der Waals surface area (Å²) in [5.74, 6) is 1.44. The number of hydrogen-bond donors (Lipinski definition) is 1. The molecule has 0 aromatic heterocycles. The van der Waals surface area contributed by atoms with Crippen molar-refractivity contribution in [3.8, 4) is 23.3 Å². The molecular weight excluding hydrogens is 388 g/mol. The molecule has 128 valence electrons. The Morgan fingerprint density at radius 1 is 1.24 bits per heavy atom. The van der Waals surface area contributed by atoms with Crippen molar-refractivity contribution in [1.82, 2.24) is 0 Å². The van der Waals surface area contributed by atoms with Crippen LogP contribution in [0.3, 0.4) is 0 Å². The van der Waals surface area contributed by atoms with Crippen molar-refractivity contribution >= 4 is 27.5 Å². The van der Waals surface area contributed by atoms with Gasteiger partial charge >= 0.3 is 0 Å². The monoisotopic (exact) mass is 402 g/mol. The second-order valence-electron chi connectivity index (χ2n) is 5.36. The summed E-state index contributed by atoms with van der Waals surface area (Å²) in [4.78, 5) is 12.4. The summed E-state index contributed by atoms with van der Waals surface area (Å²) >= 11 is 3.41. The minimum Gasteiger partial charge on any atom is -0.486 e. The van der Waals surface area contributed by atoms with Gasteiger partial charge in [0.15, 0.2) is 17.6 Å². The van der Waals surface area contributed by atoms with Crippen molar-refractivity contribution in [2.24, 2.45) is 0 Å². The van der Waals surface area contributed by atoms with Crippen LogP contribution in [0.4, 0.5) is 5.69 Å². The molecule has 0 fully saturated rings. The van der Waals surface area contributed by atoms with Gasteiger partial charge in [0.25, 0.3) is 5.91 Å². The molecule has 25 heavy (non-hydrogen) atoms. The van der Waals surface area contributed by atoms with Crippen LogP contribution in [-0.2, 0) is 4.79 Å². The van der Waals surface area contributed by atoms with E-state index in [1.165, 1.54) is 0 Å². The highest BCUT2D eigenvalue weighted by Gasteiger charge is 2.19. The van der Waals surface area contributed by atoms with E-state index in [4.69, 9.17) is 19.5 Å². The van der Waals surface area contributed by atoms with Gasteiger partial charge in [-0.25, -0.2) is 0 Å². The number of ether oxygens (including phenoxy) is 3. The number of nitrogens with zero attached hydrogens (tertiary/aromatic N) is 1. The molecule has 0 spiro atoms. The first-order valence-electron chi connectivity index (χ1n) is 7.63. The predicted octanol–water partition coefficient (Wildman–Crippen LogP) is 3.50. The Morgan fingerprint density at radius 2 is 1.88 bits per heavy atom. The van der Waals surface area contributed by atoms with Crippen LogP contribution in [0.15, 0.2) is 40.9 Å². The molecule has 6 nitrogen and oxygen atoms in total. The molecule has 0 aliphatic carbocycles. The lowest BCUT2D eigenvalue weighted by molar-refractivity contribution is -0.122. The van der Waals surface area contributed by atoms with Gasteiger partial charge in [-0.3, -0.25) is 4.79 Å². The largest absolute Gasteiger partial charge is 0.486 e. The Hall–Kier alpha value is -2.72. The number of anilines is 1. The van der Waals surface area contributed by atoms with Gasteiger partial charge in [-0.2, -0.15) is 5.26 Å². The number of carbonyl (C=O) groups is 1. The van der Waals surface area contributed by atoms with Crippen LogP contribution in [0.5, 0.6) is 17.2 Å². The normalized spacial score (nSPS) is 13.5. The second-order valence-corrected chi connectivity index (χ2v) is 6.22. The van der Waals surface area contributed by atoms with E-state index in [2.05, 4.69) is 21.2 Å². The molecule has 1 aliphatic heterocycles. The minimum atomic E-state index is -0.715. The molecule has 1 N–H and O–H groups in total. The Morgan fingerprint density at radius 3 is 2.52 bits per heavy atom. The predicted molar refractivity (Wildman–Crippen MR) is 95.0 cm³/mol. The van der Waals surface area contributed by atoms with Crippen molar-refractivity contribution in [3.63, 3.8) is 0 Å². The maximum absolute atomic E-state index is 12.4. The molecule has 0 unspecified atom stereocenters. The lowest BCUT2D eigenvalue weighted by Gasteiger charge is -2.21. The molecule has 0 saturated heterocycles. The van der Waals surface area contributed by atoms with Crippen molar-refractivity contribution in [3.05, 3.63) is 46.4 Å². The fraction of sp³-hybridized carbons (Fsp3) is 0.222. The van der Waals surface area contributed by atoms with Crippen LogP contribution in [0.25, 0.3) is 0 Å². The van der Waals surface area contributed by atoms with Crippen LogP contribution in [0, 0.1) is 11.3 Å². The van der Waals surface area contributed by atoms with Gasteiger partial charge in [0.1, 0.15) is 19.0 Å². The van der Waals surface area contributed by atoms with Crippen LogP contribution in [0.1, 0.15) is 12.5 Å². The highest BCUT2D eigenvalue weighted by molar-refractivity contribution is 9.10. The van der Waals surface area contributed by atoms with Crippen LogP contribution < -0.4 is 19.5 Å². The van der Waals surface area contributed by atoms with Gasteiger partial charge in [-0.05, 0) is 47.1 Å². The lowest BCUT2D eigenvalue weighted by atomic mass is 10.2. The molecule has 2 aromatic rings. The van der Waals surface area contributed by atoms with E-state index in [9.17, 15) is 4.79 Å². The Labute approximate surface area is 153 Å². The SMILES string of the molecule is C[C@@H](Oc1ccc(C#N)cc1)C(=O)Nc1cc2c(cc1Br)OCCO2. The third-order valence-electron chi connectivity index (χ3n) is 3.56. The van der Waals surface area contributed by atoms with Gasteiger partial charge in [0, 0.05) is 16.6 Å².